The first-order valence-electron chi connectivity index (χ1n) is 7.17. The van der Waals surface area contributed by atoms with Crippen LogP contribution in [0.4, 0.5) is 0 Å². The van der Waals surface area contributed by atoms with Gasteiger partial charge in [-0.05, 0) is 61.6 Å². The Morgan fingerprint density at radius 2 is 1.89 bits per heavy atom. The van der Waals surface area contributed by atoms with Crippen LogP contribution in [-0.2, 0) is 12.8 Å². The zero-order chi connectivity index (χ0) is 12.9. The molecule has 3 rings (SSSR count). The third-order valence-electron chi connectivity index (χ3n) is 4.74. The lowest BCUT2D eigenvalue weighted by molar-refractivity contribution is 0.342. The second-order valence-electron chi connectivity index (χ2n) is 6.28. The number of aromatic nitrogens is 1. The lowest BCUT2D eigenvalue weighted by atomic mass is 9.79. The van der Waals surface area contributed by atoms with E-state index in [0.717, 1.165) is 11.8 Å². The van der Waals surface area contributed by atoms with Crippen LogP contribution in [0.2, 0.25) is 0 Å². The monoisotopic (exact) mass is 241 g/mol. The van der Waals surface area contributed by atoms with Crippen molar-refractivity contribution in [2.45, 2.75) is 47.0 Å². The van der Waals surface area contributed by atoms with Crippen molar-refractivity contribution in [2.75, 3.05) is 0 Å². The molecular weight excluding hydrogens is 218 g/mol. The average Bonchev–Trinajstić information content (AvgIpc) is 2.73. The first kappa shape index (κ1) is 11.8. The van der Waals surface area contributed by atoms with Crippen LogP contribution in [0.1, 0.15) is 42.7 Å². The highest BCUT2D eigenvalue weighted by atomic mass is 14.7. The molecule has 0 saturated heterocycles. The topological polar surface area (TPSA) is 15.8 Å². The average molecular weight is 241 g/mol. The highest BCUT2D eigenvalue weighted by Crippen LogP contribution is 2.36. The Morgan fingerprint density at radius 1 is 1.17 bits per heavy atom. The highest BCUT2D eigenvalue weighted by molar-refractivity contribution is 5.90. The second kappa shape index (κ2) is 4.15. The molecule has 0 fully saturated rings. The van der Waals surface area contributed by atoms with Crippen molar-refractivity contribution < 1.29 is 0 Å². The standard InChI is InChI=1S/C17H23N/c1-10(2)13-7-8-15-14(9-13)16-11(3)5-6-12(4)17(16)18-15/h5-6,10,13,18H,7-9H2,1-4H3. The van der Waals surface area contributed by atoms with Gasteiger partial charge in [0.05, 0.1) is 0 Å². The summed E-state index contributed by atoms with van der Waals surface area (Å²) >= 11 is 0. The van der Waals surface area contributed by atoms with Crippen molar-refractivity contribution in [1.29, 1.82) is 0 Å². The third-order valence-corrected chi connectivity index (χ3v) is 4.74. The van der Waals surface area contributed by atoms with E-state index in [4.69, 9.17) is 0 Å². The third kappa shape index (κ3) is 1.68. The Labute approximate surface area is 110 Å². The van der Waals surface area contributed by atoms with E-state index in [1.807, 2.05) is 0 Å². The van der Waals surface area contributed by atoms with Gasteiger partial charge in [-0.15, -0.1) is 0 Å². The van der Waals surface area contributed by atoms with Gasteiger partial charge >= 0.3 is 0 Å². The quantitative estimate of drug-likeness (QED) is 0.754. The SMILES string of the molecule is Cc1ccc(C)c2c3c([nH]c12)CCC(C(C)C)C3. The molecule has 2 aromatic rings. The van der Waals surface area contributed by atoms with Crippen molar-refractivity contribution in [3.8, 4) is 0 Å². The Kier molecular flexibility index (Phi) is 2.73. The van der Waals surface area contributed by atoms with Gasteiger partial charge in [-0.25, -0.2) is 0 Å². The summed E-state index contributed by atoms with van der Waals surface area (Å²) in [5.74, 6) is 1.66. The van der Waals surface area contributed by atoms with Crippen LogP contribution in [0, 0.1) is 25.7 Å². The number of benzene rings is 1. The van der Waals surface area contributed by atoms with Crippen LogP contribution < -0.4 is 0 Å². The van der Waals surface area contributed by atoms with Crippen molar-refractivity contribution >= 4 is 10.9 Å². The van der Waals surface area contributed by atoms with Crippen LogP contribution in [0.3, 0.4) is 0 Å². The maximum absolute atomic E-state index is 3.68. The Morgan fingerprint density at radius 3 is 2.61 bits per heavy atom. The molecular formula is C17H23N. The molecule has 0 amide bonds. The van der Waals surface area contributed by atoms with Gasteiger partial charge in [0.25, 0.3) is 0 Å². The summed E-state index contributed by atoms with van der Waals surface area (Å²) in [6.45, 7) is 9.18. The van der Waals surface area contributed by atoms with Crippen molar-refractivity contribution in [3.05, 3.63) is 34.5 Å². The van der Waals surface area contributed by atoms with Crippen molar-refractivity contribution in [2.24, 2.45) is 11.8 Å². The van der Waals surface area contributed by atoms with Gasteiger partial charge in [0, 0.05) is 16.6 Å². The highest BCUT2D eigenvalue weighted by Gasteiger charge is 2.25. The van der Waals surface area contributed by atoms with E-state index in [2.05, 4.69) is 44.8 Å². The fourth-order valence-corrected chi connectivity index (χ4v) is 3.44. The molecule has 1 heterocycles. The molecule has 1 N–H and O–H groups in total. The number of hydrogen-bond donors (Lipinski definition) is 1. The van der Waals surface area contributed by atoms with Crippen LogP contribution in [-0.4, -0.2) is 4.98 Å². The van der Waals surface area contributed by atoms with Gasteiger partial charge in [-0.3, -0.25) is 0 Å². The maximum atomic E-state index is 3.68. The second-order valence-corrected chi connectivity index (χ2v) is 6.28. The molecule has 1 unspecified atom stereocenters. The fraction of sp³-hybridized carbons (Fsp3) is 0.529. The van der Waals surface area contributed by atoms with Gasteiger partial charge in [0.15, 0.2) is 0 Å². The van der Waals surface area contributed by atoms with E-state index in [1.54, 1.807) is 5.56 Å². The van der Waals surface area contributed by atoms with Crippen LogP contribution >= 0.6 is 0 Å². The molecule has 0 bridgehead atoms. The first-order valence-corrected chi connectivity index (χ1v) is 7.17. The molecule has 0 saturated carbocycles. The molecule has 1 nitrogen and oxygen atoms in total. The fourth-order valence-electron chi connectivity index (χ4n) is 3.44. The predicted molar refractivity (Wildman–Crippen MR) is 78.1 cm³/mol. The van der Waals surface area contributed by atoms with E-state index < -0.39 is 0 Å². The van der Waals surface area contributed by atoms with Gasteiger partial charge in [0.1, 0.15) is 0 Å². The zero-order valence-corrected chi connectivity index (χ0v) is 11.9. The molecule has 0 spiro atoms. The largest absolute Gasteiger partial charge is 0.358 e. The molecule has 1 atom stereocenters. The molecule has 1 heteroatoms. The molecule has 0 aliphatic heterocycles. The minimum absolute atomic E-state index is 0.799. The molecule has 1 aliphatic rings. The number of aryl methyl sites for hydroxylation is 3. The molecule has 96 valence electrons. The lowest BCUT2D eigenvalue weighted by Gasteiger charge is -2.25. The minimum atomic E-state index is 0.799. The lowest BCUT2D eigenvalue weighted by Crippen LogP contribution is -2.18. The predicted octanol–water partition coefficient (Wildman–Crippen LogP) is 4.55. The summed E-state index contributed by atoms with van der Waals surface area (Å²) in [5, 5.41) is 1.51. The summed E-state index contributed by atoms with van der Waals surface area (Å²) in [6.07, 6.45) is 3.83. The van der Waals surface area contributed by atoms with E-state index in [9.17, 15) is 0 Å². The van der Waals surface area contributed by atoms with Gasteiger partial charge in [-0.1, -0.05) is 26.0 Å². The van der Waals surface area contributed by atoms with E-state index >= 15 is 0 Å². The summed E-state index contributed by atoms with van der Waals surface area (Å²) in [4.78, 5) is 3.68. The Bertz CT molecular complexity index is 589. The molecule has 0 radical (unpaired) electrons. The van der Waals surface area contributed by atoms with Gasteiger partial charge in [0.2, 0.25) is 0 Å². The summed E-state index contributed by atoms with van der Waals surface area (Å²) in [5.41, 5.74) is 7.29. The molecule has 1 aromatic heterocycles. The van der Waals surface area contributed by atoms with Crippen LogP contribution in [0.15, 0.2) is 12.1 Å². The van der Waals surface area contributed by atoms with Crippen molar-refractivity contribution in [3.63, 3.8) is 0 Å². The number of hydrogen-bond acceptors (Lipinski definition) is 0. The summed E-state index contributed by atoms with van der Waals surface area (Å²) in [7, 11) is 0. The number of rotatable bonds is 1. The van der Waals surface area contributed by atoms with Crippen LogP contribution in [0.25, 0.3) is 10.9 Å². The number of aromatic amines is 1. The van der Waals surface area contributed by atoms with E-state index in [-0.39, 0.29) is 0 Å². The van der Waals surface area contributed by atoms with Gasteiger partial charge in [-0.2, -0.15) is 0 Å². The summed E-state index contributed by atoms with van der Waals surface area (Å²) in [6, 6.07) is 4.50. The number of fused-ring (bicyclic) bond motifs is 3. The molecule has 18 heavy (non-hydrogen) atoms. The van der Waals surface area contributed by atoms with E-state index in [1.165, 1.54) is 47.0 Å². The first-order chi connectivity index (χ1) is 8.58. The smallest absolute Gasteiger partial charge is 0.0491 e. The molecule has 1 aliphatic carbocycles. The zero-order valence-electron chi connectivity index (χ0n) is 11.9. The summed E-state index contributed by atoms with van der Waals surface area (Å²) < 4.78 is 0. The van der Waals surface area contributed by atoms with E-state index in [0.29, 0.717) is 0 Å². The molecule has 1 aromatic carbocycles. The minimum Gasteiger partial charge on any atom is -0.358 e. The van der Waals surface area contributed by atoms with Crippen molar-refractivity contribution in [1.82, 2.24) is 4.98 Å². The normalized spacial score (nSPS) is 19.5. The Hall–Kier alpha value is -1.24. The maximum Gasteiger partial charge on any atom is 0.0491 e. The Balaban J connectivity index is 2.18. The van der Waals surface area contributed by atoms with Crippen LogP contribution in [0.5, 0.6) is 0 Å². The number of nitrogens with one attached hydrogen (secondary N) is 1. The number of H-pyrrole nitrogens is 1. The van der Waals surface area contributed by atoms with Gasteiger partial charge < -0.3 is 4.98 Å².